The molecule has 0 aromatic carbocycles. The first kappa shape index (κ1) is 14.6. The average molecular weight is 322 g/mol. The molecule has 1 aliphatic heterocycles. The van der Waals surface area contributed by atoms with Crippen molar-refractivity contribution < 1.29 is 4.79 Å². The zero-order valence-corrected chi connectivity index (χ0v) is 14.0. The van der Waals surface area contributed by atoms with E-state index in [0.717, 1.165) is 39.5 Å². The largest absolute Gasteiger partial charge is 0.397 e. The number of amides is 1. The van der Waals surface area contributed by atoms with Gasteiger partial charge in [0.25, 0.3) is 5.91 Å². The van der Waals surface area contributed by atoms with Crippen LogP contribution < -0.4 is 5.73 Å². The minimum absolute atomic E-state index is 0.0281. The second-order valence-electron chi connectivity index (χ2n) is 5.36. The lowest BCUT2D eigenvalue weighted by atomic mass is 10.1. The van der Waals surface area contributed by atoms with Crippen molar-refractivity contribution in [3.05, 3.63) is 16.1 Å². The number of carbonyl (C=O) groups excluding carboxylic acids is 1. The second kappa shape index (κ2) is 5.46. The summed E-state index contributed by atoms with van der Waals surface area (Å²) in [7, 11) is 0. The van der Waals surface area contributed by atoms with Crippen molar-refractivity contribution in [2.75, 3.05) is 23.8 Å². The van der Waals surface area contributed by atoms with E-state index >= 15 is 0 Å². The number of thioether (sulfide) groups is 1. The van der Waals surface area contributed by atoms with E-state index < -0.39 is 0 Å². The molecule has 7 heteroatoms. The Hall–Kier alpha value is -1.34. The van der Waals surface area contributed by atoms with E-state index in [2.05, 4.69) is 17.1 Å². The molecule has 1 saturated heterocycles. The molecule has 0 aliphatic carbocycles. The molecule has 1 amide bonds. The van der Waals surface area contributed by atoms with Crippen LogP contribution in [0.15, 0.2) is 0 Å². The summed E-state index contributed by atoms with van der Waals surface area (Å²) >= 11 is 3.24. The molecule has 2 N–H and O–H groups in total. The molecule has 3 heterocycles. The minimum Gasteiger partial charge on any atom is -0.397 e. The van der Waals surface area contributed by atoms with Gasteiger partial charge in [-0.15, -0.1) is 16.4 Å². The van der Waals surface area contributed by atoms with Crippen molar-refractivity contribution in [1.29, 1.82) is 0 Å². The molecule has 1 fully saturated rings. The van der Waals surface area contributed by atoms with E-state index in [1.165, 1.54) is 11.3 Å². The first-order chi connectivity index (χ1) is 10.0. The van der Waals surface area contributed by atoms with Gasteiger partial charge in [-0.1, -0.05) is 0 Å². The number of nitrogen functional groups attached to an aromatic ring is 1. The average Bonchev–Trinajstić information content (AvgIpc) is 2.80. The zero-order chi connectivity index (χ0) is 15.1. The molecule has 2 aromatic rings. The van der Waals surface area contributed by atoms with Gasteiger partial charge in [-0.25, -0.2) is 0 Å². The molecule has 1 unspecified atom stereocenters. The van der Waals surface area contributed by atoms with Gasteiger partial charge in [0.2, 0.25) is 0 Å². The van der Waals surface area contributed by atoms with Crippen LogP contribution in [0, 0.1) is 13.8 Å². The van der Waals surface area contributed by atoms with Crippen LogP contribution in [0.3, 0.4) is 0 Å². The summed E-state index contributed by atoms with van der Waals surface area (Å²) in [6.45, 7) is 6.75. The fraction of sp³-hybridized carbons (Fsp3) is 0.500. The summed E-state index contributed by atoms with van der Waals surface area (Å²) in [6.07, 6.45) is 0. The van der Waals surface area contributed by atoms with Crippen LogP contribution in [0.4, 0.5) is 5.69 Å². The van der Waals surface area contributed by atoms with E-state index in [1.54, 1.807) is 0 Å². The quantitative estimate of drug-likeness (QED) is 0.873. The first-order valence-electron chi connectivity index (χ1n) is 6.91. The molecule has 1 atom stereocenters. The fourth-order valence-electron chi connectivity index (χ4n) is 2.56. The van der Waals surface area contributed by atoms with Crippen molar-refractivity contribution in [1.82, 2.24) is 15.1 Å². The molecule has 0 radical (unpaired) electrons. The summed E-state index contributed by atoms with van der Waals surface area (Å²) in [5.41, 5.74) is 8.67. The van der Waals surface area contributed by atoms with E-state index in [4.69, 9.17) is 5.73 Å². The lowest BCUT2D eigenvalue weighted by Crippen LogP contribution is -2.44. The lowest BCUT2D eigenvalue weighted by molar-refractivity contribution is 0.0722. The van der Waals surface area contributed by atoms with Crippen LogP contribution in [0.25, 0.3) is 10.2 Å². The number of aromatic nitrogens is 2. The van der Waals surface area contributed by atoms with Crippen LogP contribution >= 0.6 is 23.1 Å². The lowest BCUT2D eigenvalue weighted by Gasteiger charge is -2.32. The predicted octanol–water partition coefficient (Wildman–Crippen LogP) is 2.47. The second-order valence-corrected chi connectivity index (χ2v) is 7.51. The molecular formula is C14H18N4OS2. The monoisotopic (exact) mass is 322 g/mol. The third-order valence-electron chi connectivity index (χ3n) is 3.96. The molecule has 0 bridgehead atoms. The Labute approximate surface area is 131 Å². The molecule has 3 rings (SSSR count). The number of nitrogens with two attached hydrogens (primary N) is 1. The molecule has 112 valence electrons. The Morgan fingerprint density at radius 3 is 2.86 bits per heavy atom. The van der Waals surface area contributed by atoms with Gasteiger partial charge in [-0.05, 0) is 26.3 Å². The van der Waals surface area contributed by atoms with Gasteiger partial charge < -0.3 is 10.6 Å². The topological polar surface area (TPSA) is 72.1 Å². The van der Waals surface area contributed by atoms with E-state index in [9.17, 15) is 4.79 Å². The highest BCUT2D eigenvalue weighted by molar-refractivity contribution is 7.99. The third kappa shape index (κ3) is 2.38. The van der Waals surface area contributed by atoms with Crippen LogP contribution in [-0.2, 0) is 0 Å². The number of carbonyl (C=O) groups is 1. The number of hydrogen-bond donors (Lipinski definition) is 1. The number of nitrogens with zero attached hydrogens (tertiary/aromatic N) is 3. The first-order valence-corrected chi connectivity index (χ1v) is 8.88. The molecule has 5 nitrogen and oxygen atoms in total. The fourth-order valence-corrected chi connectivity index (χ4v) is 4.63. The Balaban J connectivity index is 2.06. The summed E-state index contributed by atoms with van der Waals surface area (Å²) < 4.78 is 0. The highest BCUT2D eigenvalue weighted by Crippen LogP contribution is 2.36. The van der Waals surface area contributed by atoms with Gasteiger partial charge in [0.15, 0.2) is 0 Å². The number of aryl methyl sites for hydroxylation is 2. The highest BCUT2D eigenvalue weighted by Gasteiger charge is 2.28. The zero-order valence-electron chi connectivity index (χ0n) is 12.3. The van der Waals surface area contributed by atoms with Crippen LogP contribution in [-0.4, -0.2) is 45.1 Å². The maximum atomic E-state index is 12.8. The maximum Gasteiger partial charge on any atom is 0.266 e. The van der Waals surface area contributed by atoms with Gasteiger partial charge in [0.1, 0.15) is 9.71 Å². The molecule has 1 aliphatic rings. The molecule has 0 saturated carbocycles. The van der Waals surface area contributed by atoms with Gasteiger partial charge in [-0.3, -0.25) is 4.79 Å². The van der Waals surface area contributed by atoms with E-state index in [-0.39, 0.29) is 11.9 Å². The third-order valence-corrected chi connectivity index (χ3v) is 6.22. The number of thiophene rings is 1. The Bertz CT molecular complexity index is 713. The summed E-state index contributed by atoms with van der Waals surface area (Å²) in [4.78, 5) is 16.1. The smallest absolute Gasteiger partial charge is 0.266 e. The van der Waals surface area contributed by atoms with Crippen LogP contribution in [0.5, 0.6) is 0 Å². The normalized spacial score (nSPS) is 19.2. The van der Waals surface area contributed by atoms with Crippen molar-refractivity contribution >= 4 is 44.9 Å². The SMILES string of the molecule is Cc1nnc2sc(C(=O)N3CCSCC3C)c(N)c2c1C. The summed E-state index contributed by atoms with van der Waals surface area (Å²) in [5, 5.41) is 9.19. The highest BCUT2D eigenvalue weighted by atomic mass is 32.2. The van der Waals surface area contributed by atoms with E-state index in [0.29, 0.717) is 10.6 Å². The standard InChI is InChI=1S/C14H18N4OS2/c1-7-6-20-5-4-18(7)14(19)12-11(15)10-8(2)9(3)16-17-13(10)21-12/h7H,4-6,15H2,1-3H3. The van der Waals surface area contributed by atoms with Gasteiger partial charge in [0, 0.05) is 29.5 Å². The van der Waals surface area contributed by atoms with Gasteiger partial charge in [0.05, 0.1) is 11.4 Å². The molecular weight excluding hydrogens is 304 g/mol. The van der Waals surface area contributed by atoms with Gasteiger partial charge in [-0.2, -0.15) is 16.9 Å². The maximum absolute atomic E-state index is 12.8. The van der Waals surface area contributed by atoms with Crippen molar-refractivity contribution in [2.45, 2.75) is 26.8 Å². The molecule has 0 spiro atoms. The van der Waals surface area contributed by atoms with Crippen LogP contribution in [0.2, 0.25) is 0 Å². The van der Waals surface area contributed by atoms with Crippen molar-refractivity contribution in [3.63, 3.8) is 0 Å². The van der Waals surface area contributed by atoms with Crippen molar-refractivity contribution in [2.24, 2.45) is 0 Å². The predicted molar refractivity (Wildman–Crippen MR) is 89.1 cm³/mol. The molecule has 2 aromatic heterocycles. The Morgan fingerprint density at radius 2 is 2.14 bits per heavy atom. The number of anilines is 1. The Morgan fingerprint density at radius 1 is 1.38 bits per heavy atom. The van der Waals surface area contributed by atoms with E-state index in [1.807, 2.05) is 30.5 Å². The number of rotatable bonds is 1. The minimum atomic E-state index is 0.0281. The Kier molecular flexibility index (Phi) is 3.79. The summed E-state index contributed by atoms with van der Waals surface area (Å²) in [6, 6.07) is 0.245. The van der Waals surface area contributed by atoms with Gasteiger partial charge >= 0.3 is 0 Å². The summed E-state index contributed by atoms with van der Waals surface area (Å²) in [5.74, 6) is 1.99. The van der Waals surface area contributed by atoms with Crippen molar-refractivity contribution in [3.8, 4) is 0 Å². The van der Waals surface area contributed by atoms with Crippen LogP contribution in [0.1, 0.15) is 27.9 Å². The number of hydrogen-bond acceptors (Lipinski definition) is 6. The number of fused-ring (bicyclic) bond motifs is 1. The molecule has 21 heavy (non-hydrogen) atoms.